The number of nitrogens with one attached hydrogen (secondary N) is 1. The van der Waals surface area contributed by atoms with Crippen LogP contribution < -0.4 is 11.1 Å². The van der Waals surface area contributed by atoms with Gasteiger partial charge in [0, 0.05) is 19.5 Å². The molecule has 0 aliphatic rings. The van der Waals surface area contributed by atoms with Crippen LogP contribution in [0, 0.1) is 0 Å². The molecule has 1 unspecified atom stereocenters. The van der Waals surface area contributed by atoms with Crippen LogP contribution >= 0.6 is 0 Å². The Morgan fingerprint density at radius 2 is 2.06 bits per heavy atom. The Morgan fingerprint density at radius 1 is 1.38 bits per heavy atom. The molecule has 0 heterocycles. The van der Waals surface area contributed by atoms with E-state index in [0.717, 1.165) is 13.0 Å². The lowest BCUT2D eigenvalue weighted by molar-refractivity contribution is -0.120. The molecule has 0 radical (unpaired) electrons. The van der Waals surface area contributed by atoms with Gasteiger partial charge in [0.25, 0.3) is 0 Å². The molecule has 0 saturated heterocycles. The second kappa shape index (κ2) is 7.01. The highest BCUT2D eigenvalue weighted by molar-refractivity contribution is 5.75. The van der Waals surface area contributed by atoms with Gasteiger partial charge in [-0.3, -0.25) is 4.79 Å². The molecule has 16 heavy (non-hydrogen) atoms. The molecule has 1 atom stereocenters. The van der Waals surface area contributed by atoms with Gasteiger partial charge in [0.1, 0.15) is 0 Å². The lowest BCUT2D eigenvalue weighted by Crippen LogP contribution is -2.27. The largest absolute Gasteiger partial charge is 0.356 e. The van der Waals surface area contributed by atoms with Crippen molar-refractivity contribution < 1.29 is 4.79 Å². The summed E-state index contributed by atoms with van der Waals surface area (Å²) in [5.74, 6) is 0.516. The van der Waals surface area contributed by atoms with E-state index in [1.807, 2.05) is 18.2 Å². The molecule has 0 aromatic heterocycles. The first-order valence-corrected chi connectivity index (χ1v) is 5.75. The van der Waals surface area contributed by atoms with Crippen LogP contribution in [-0.2, 0) is 4.79 Å². The molecule has 3 N–H and O–H groups in total. The van der Waals surface area contributed by atoms with E-state index in [0.29, 0.717) is 18.9 Å². The maximum Gasteiger partial charge on any atom is 0.221 e. The molecule has 0 spiro atoms. The first-order valence-electron chi connectivity index (χ1n) is 5.75. The lowest BCUT2D eigenvalue weighted by Gasteiger charge is -2.12. The Labute approximate surface area is 97.0 Å². The van der Waals surface area contributed by atoms with Crippen molar-refractivity contribution in [3.63, 3.8) is 0 Å². The van der Waals surface area contributed by atoms with Crippen LogP contribution in [0.15, 0.2) is 30.3 Å². The van der Waals surface area contributed by atoms with Gasteiger partial charge in [-0.1, -0.05) is 37.3 Å². The molecule has 0 bridgehead atoms. The summed E-state index contributed by atoms with van der Waals surface area (Å²) in [5.41, 5.74) is 6.61. The Balaban J connectivity index is 2.26. The van der Waals surface area contributed by atoms with Crippen LogP contribution in [-0.4, -0.2) is 19.0 Å². The van der Waals surface area contributed by atoms with Crippen molar-refractivity contribution in [1.29, 1.82) is 0 Å². The number of hydrogen-bond acceptors (Lipinski definition) is 2. The van der Waals surface area contributed by atoms with E-state index in [2.05, 4.69) is 24.4 Å². The van der Waals surface area contributed by atoms with Crippen molar-refractivity contribution in [2.24, 2.45) is 5.73 Å². The van der Waals surface area contributed by atoms with Crippen LogP contribution in [0.3, 0.4) is 0 Å². The Morgan fingerprint density at radius 3 is 2.69 bits per heavy atom. The van der Waals surface area contributed by atoms with Crippen molar-refractivity contribution in [2.75, 3.05) is 13.1 Å². The van der Waals surface area contributed by atoms with Gasteiger partial charge in [0.05, 0.1) is 0 Å². The summed E-state index contributed by atoms with van der Waals surface area (Å²) in [4.78, 5) is 11.2. The summed E-state index contributed by atoms with van der Waals surface area (Å²) in [6, 6.07) is 10.3. The van der Waals surface area contributed by atoms with Gasteiger partial charge in [-0.25, -0.2) is 0 Å². The molecule has 3 heteroatoms. The zero-order valence-corrected chi connectivity index (χ0v) is 9.78. The van der Waals surface area contributed by atoms with Gasteiger partial charge >= 0.3 is 0 Å². The highest BCUT2D eigenvalue weighted by Crippen LogP contribution is 2.17. The van der Waals surface area contributed by atoms with Crippen molar-refractivity contribution in [3.8, 4) is 0 Å². The second-order valence-electron chi connectivity index (χ2n) is 3.99. The molecule has 1 rings (SSSR count). The van der Waals surface area contributed by atoms with E-state index in [9.17, 15) is 4.79 Å². The minimum absolute atomic E-state index is 0.0442. The molecular formula is C13H20N2O. The topological polar surface area (TPSA) is 55.1 Å². The van der Waals surface area contributed by atoms with E-state index >= 15 is 0 Å². The normalized spacial score (nSPS) is 12.1. The fourth-order valence-corrected chi connectivity index (χ4v) is 1.60. The van der Waals surface area contributed by atoms with Crippen molar-refractivity contribution in [1.82, 2.24) is 5.32 Å². The number of hydrogen-bond donors (Lipinski definition) is 2. The highest BCUT2D eigenvalue weighted by atomic mass is 16.1. The predicted octanol–water partition coefficient (Wildman–Crippen LogP) is 1.65. The third-order valence-electron chi connectivity index (χ3n) is 2.64. The minimum atomic E-state index is 0.0442. The molecular weight excluding hydrogens is 200 g/mol. The first-order chi connectivity index (χ1) is 7.74. The smallest absolute Gasteiger partial charge is 0.221 e. The fraction of sp³-hybridized carbons (Fsp3) is 0.462. The fourth-order valence-electron chi connectivity index (χ4n) is 1.60. The SMILES string of the molecule is CC(CCNC(=O)CCN)c1ccccc1. The number of carbonyl (C=O) groups excluding carboxylic acids is 1. The van der Waals surface area contributed by atoms with Crippen molar-refractivity contribution in [3.05, 3.63) is 35.9 Å². The van der Waals surface area contributed by atoms with E-state index in [-0.39, 0.29) is 5.91 Å². The minimum Gasteiger partial charge on any atom is -0.356 e. The van der Waals surface area contributed by atoms with Crippen LogP contribution in [0.2, 0.25) is 0 Å². The standard InChI is InChI=1S/C13H20N2O/c1-11(12-5-3-2-4-6-12)8-10-15-13(16)7-9-14/h2-6,11H,7-10,14H2,1H3,(H,15,16). The third kappa shape index (κ3) is 4.45. The summed E-state index contributed by atoms with van der Waals surface area (Å²) in [6.45, 7) is 3.30. The lowest BCUT2D eigenvalue weighted by atomic mass is 9.98. The van der Waals surface area contributed by atoms with Gasteiger partial charge < -0.3 is 11.1 Å². The van der Waals surface area contributed by atoms with Crippen LogP contribution in [0.5, 0.6) is 0 Å². The average molecular weight is 220 g/mol. The highest BCUT2D eigenvalue weighted by Gasteiger charge is 2.05. The van der Waals surface area contributed by atoms with Crippen molar-refractivity contribution >= 4 is 5.91 Å². The number of carbonyl (C=O) groups is 1. The number of nitrogens with two attached hydrogens (primary N) is 1. The summed E-state index contributed by atoms with van der Waals surface area (Å²) in [6.07, 6.45) is 1.38. The average Bonchev–Trinajstić information content (AvgIpc) is 2.30. The Hall–Kier alpha value is -1.35. The number of rotatable bonds is 6. The zero-order chi connectivity index (χ0) is 11.8. The predicted molar refractivity (Wildman–Crippen MR) is 66.2 cm³/mol. The quantitative estimate of drug-likeness (QED) is 0.766. The summed E-state index contributed by atoms with van der Waals surface area (Å²) in [7, 11) is 0. The van der Waals surface area contributed by atoms with Crippen LogP contribution in [0.1, 0.15) is 31.2 Å². The summed E-state index contributed by atoms with van der Waals surface area (Å²) in [5, 5.41) is 2.87. The molecule has 0 fully saturated rings. The molecule has 0 aliphatic carbocycles. The van der Waals surface area contributed by atoms with E-state index < -0.39 is 0 Å². The Bertz CT molecular complexity index is 311. The van der Waals surface area contributed by atoms with E-state index in [1.165, 1.54) is 5.56 Å². The van der Waals surface area contributed by atoms with E-state index in [4.69, 9.17) is 5.73 Å². The van der Waals surface area contributed by atoms with Crippen LogP contribution in [0.25, 0.3) is 0 Å². The Kier molecular flexibility index (Phi) is 5.57. The molecule has 1 aromatic carbocycles. The molecule has 0 aliphatic heterocycles. The zero-order valence-electron chi connectivity index (χ0n) is 9.78. The summed E-state index contributed by atoms with van der Waals surface area (Å²) < 4.78 is 0. The van der Waals surface area contributed by atoms with Gasteiger partial charge in [-0.15, -0.1) is 0 Å². The second-order valence-corrected chi connectivity index (χ2v) is 3.99. The third-order valence-corrected chi connectivity index (χ3v) is 2.64. The molecule has 3 nitrogen and oxygen atoms in total. The van der Waals surface area contributed by atoms with Gasteiger partial charge in [-0.05, 0) is 17.9 Å². The van der Waals surface area contributed by atoms with Gasteiger partial charge in [-0.2, -0.15) is 0 Å². The van der Waals surface area contributed by atoms with Gasteiger partial charge in [0.2, 0.25) is 5.91 Å². The molecule has 1 amide bonds. The van der Waals surface area contributed by atoms with Crippen molar-refractivity contribution in [2.45, 2.75) is 25.7 Å². The van der Waals surface area contributed by atoms with E-state index in [1.54, 1.807) is 0 Å². The molecule has 88 valence electrons. The monoisotopic (exact) mass is 220 g/mol. The number of amides is 1. The summed E-state index contributed by atoms with van der Waals surface area (Å²) >= 11 is 0. The first kappa shape index (κ1) is 12.7. The molecule has 0 saturated carbocycles. The molecule has 1 aromatic rings. The maximum atomic E-state index is 11.2. The van der Waals surface area contributed by atoms with Crippen LogP contribution in [0.4, 0.5) is 0 Å². The number of benzene rings is 1. The van der Waals surface area contributed by atoms with Gasteiger partial charge in [0.15, 0.2) is 0 Å². The maximum absolute atomic E-state index is 11.2.